The number of carbonyl (C=O) groups excluding carboxylic acids is 2. The molecule has 1 aromatic rings. The van der Waals surface area contributed by atoms with Crippen LogP contribution in [0.3, 0.4) is 0 Å². The number of benzene rings is 1. The maximum absolute atomic E-state index is 12.7. The number of rotatable bonds is 7. The third-order valence-electron chi connectivity index (χ3n) is 3.50. The van der Waals surface area contributed by atoms with Gasteiger partial charge in [0, 0.05) is 12.5 Å². The Labute approximate surface area is 151 Å². The van der Waals surface area contributed by atoms with Gasteiger partial charge < -0.3 is 15.4 Å². The van der Waals surface area contributed by atoms with Crippen LogP contribution in [0.4, 0.5) is 4.79 Å². The summed E-state index contributed by atoms with van der Waals surface area (Å²) in [5.74, 6) is 0.296. The van der Waals surface area contributed by atoms with E-state index in [1.54, 1.807) is 20.8 Å². The molecule has 0 aliphatic heterocycles. The SMILES string of the molecule is CC(C)C[C@@H](C)NC(=O)[C@H](Cc1ccccc1)NC(=O)OC(C)(C)C. The highest BCUT2D eigenvalue weighted by molar-refractivity contribution is 5.86. The molecule has 0 aromatic heterocycles. The molecule has 140 valence electrons. The van der Waals surface area contributed by atoms with E-state index >= 15 is 0 Å². The van der Waals surface area contributed by atoms with Crippen LogP contribution in [0.1, 0.15) is 53.5 Å². The van der Waals surface area contributed by atoms with Gasteiger partial charge in [-0.25, -0.2) is 4.79 Å². The molecular formula is C20H32N2O3. The van der Waals surface area contributed by atoms with E-state index in [1.165, 1.54) is 0 Å². The third kappa shape index (κ3) is 9.13. The van der Waals surface area contributed by atoms with Crippen LogP contribution in [0.2, 0.25) is 0 Å². The molecule has 0 spiro atoms. The van der Waals surface area contributed by atoms with Crippen LogP contribution in [0.15, 0.2) is 30.3 Å². The molecule has 0 saturated carbocycles. The van der Waals surface area contributed by atoms with Crippen molar-refractivity contribution in [1.82, 2.24) is 10.6 Å². The molecule has 0 saturated heterocycles. The maximum Gasteiger partial charge on any atom is 0.408 e. The van der Waals surface area contributed by atoms with Crippen LogP contribution < -0.4 is 10.6 Å². The molecule has 0 fully saturated rings. The van der Waals surface area contributed by atoms with Gasteiger partial charge in [0.25, 0.3) is 0 Å². The lowest BCUT2D eigenvalue weighted by Crippen LogP contribution is -2.51. The molecule has 5 heteroatoms. The van der Waals surface area contributed by atoms with E-state index in [-0.39, 0.29) is 11.9 Å². The molecule has 0 aliphatic rings. The Hall–Kier alpha value is -2.04. The Morgan fingerprint density at radius 3 is 2.16 bits per heavy atom. The first kappa shape index (κ1) is 21.0. The quantitative estimate of drug-likeness (QED) is 0.790. The van der Waals surface area contributed by atoms with Gasteiger partial charge in [-0.2, -0.15) is 0 Å². The largest absolute Gasteiger partial charge is 0.444 e. The first-order valence-corrected chi connectivity index (χ1v) is 8.90. The summed E-state index contributed by atoms with van der Waals surface area (Å²) in [6.45, 7) is 11.6. The highest BCUT2D eigenvalue weighted by Gasteiger charge is 2.25. The normalized spacial score (nSPS) is 13.9. The fourth-order valence-corrected chi connectivity index (χ4v) is 2.62. The Bertz CT molecular complexity index is 550. The summed E-state index contributed by atoms with van der Waals surface area (Å²) >= 11 is 0. The van der Waals surface area contributed by atoms with Crippen molar-refractivity contribution in [2.45, 2.75) is 72.1 Å². The molecule has 1 aromatic carbocycles. The topological polar surface area (TPSA) is 67.4 Å². The second-order valence-corrected chi connectivity index (χ2v) is 7.93. The van der Waals surface area contributed by atoms with Crippen LogP contribution in [0.25, 0.3) is 0 Å². The molecule has 2 amide bonds. The van der Waals surface area contributed by atoms with Crippen molar-refractivity contribution in [2.24, 2.45) is 5.92 Å². The van der Waals surface area contributed by atoms with Gasteiger partial charge in [-0.15, -0.1) is 0 Å². The molecule has 2 N–H and O–H groups in total. The monoisotopic (exact) mass is 348 g/mol. The van der Waals surface area contributed by atoms with Gasteiger partial charge in [0.1, 0.15) is 11.6 Å². The average Bonchev–Trinajstić information content (AvgIpc) is 2.44. The Morgan fingerprint density at radius 1 is 1.04 bits per heavy atom. The molecule has 0 aliphatic carbocycles. The van der Waals surface area contributed by atoms with E-state index in [0.717, 1.165) is 12.0 Å². The summed E-state index contributed by atoms with van der Waals surface area (Å²) in [7, 11) is 0. The molecule has 0 bridgehead atoms. The van der Waals surface area contributed by atoms with Crippen LogP contribution in [0.5, 0.6) is 0 Å². The first-order chi connectivity index (χ1) is 11.6. The van der Waals surface area contributed by atoms with E-state index in [9.17, 15) is 9.59 Å². The summed E-state index contributed by atoms with van der Waals surface area (Å²) in [6.07, 6.45) is 0.719. The summed E-state index contributed by atoms with van der Waals surface area (Å²) in [5.41, 5.74) is 0.373. The van der Waals surface area contributed by atoms with Crippen LogP contribution in [-0.2, 0) is 16.0 Å². The van der Waals surface area contributed by atoms with Gasteiger partial charge in [0.2, 0.25) is 5.91 Å². The summed E-state index contributed by atoms with van der Waals surface area (Å²) in [5, 5.41) is 5.70. The van der Waals surface area contributed by atoms with Crippen molar-refractivity contribution in [3.8, 4) is 0 Å². The number of alkyl carbamates (subject to hydrolysis) is 1. The fraction of sp³-hybridized carbons (Fsp3) is 0.600. The van der Waals surface area contributed by atoms with E-state index in [2.05, 4.69) is 24.5 Å². The number of hydrogen-bond acceptors (Lipinski definition) is 3. The van der Waals surface area contributed by atoms with Crippen molar-refractivity contribution in [1.29, 1.82) is 0 Å². The standard InChI is InChI=1S/C20H32N2O3/c1-14(2)12-15(3)21-18(23)17(13-16-10-8-7-9-11-16)22-19(24)25-20(4,5)6/h7-11,14-15,17H,12-13H2,1-6H3,(H,21,23)(H,22,24)/t15-,17+/m1/s1. The zero-order chi connectivity index (χ0) is 19.0. The number of amides is 2. The second-order valence-electron chi connectivity index (χ2n) is 7.93. The van der Waals surface area contributed by atoms with Crippen molar-refractivity contribution in [3.05, 3.63) is 35.9 Å². The minimum Gasteiger partial charge on any atom is -0.444 e. The second kappa shape index (κ2) is 9.44. The number of ether oxygens (including phenoxy) is 1. The van der Waals surface area contributed by atoms with E-state index in [1.807, 2.05) is 37.3 Å². The summed E-state index contributed by atoms with van der Waals surface area (Å²) < 4.78 is 5.30. The predicted molar refractivity (Wildman–Crippen MR) is 100 cm³/mol. The fourth-order valence-electron chi connectivity index (χ4n) is 2.62. The zero-order valence-corrected chi connectivity index (χ0v) is 16.3. The summed E-state index contributed by atoms with van der Waals surface area (Å²) in [4.78, 5) is 24.8. The third-order valence-corrected chi connectivity index (χ3v) is 3.50. The molecule has 25 heavy (non-hydrogen) atoms. The number of carbonyl (C=O) groups is 2. The zero-order valence-electron chi connectivity index (χ0n) is 16.3. The molecule has 0 unspecified atom stereocenters. The average molecular weight is 348 g/mol. The lowest BCUT2D eigenvalue weighted by molar-refractivity contribution is -0.123. The highest BCUT2D eigenvalue weighted by Crippen LogP contribution is 2.10. The van der Waals surface area contributed by atoms with Gasteiger partial charge in [0.05, 0.1) is 0 Å². The van der Waals surface area contributed by atoms with E-state index in [4.69, 9.17) is 4.74 Å². The molecule has 1 rings (SSSR count). The summed E-state index contributed by atoms with van der Waals surface area (Å²) in [6, 6.07) is 9.00. The molecule has 5 nitrogen and oxygen atoms in total. The molecular weight excluding hydrogens is 316 g/mol. The van der Waals surface area contributed by atoms with Crippen LogP contribution in [-0.4, -0.2) is 29.7 Å². The Morgan fingerprint density at radius 2 is 1.64 bits per heavy atom. The van der Waals surface area contributed by atoms with Crippen molar-refractivity contribution in [2.75, 3.05) is 0 Å². The van der Waals surface area contributed by atoms with Gasteiger partial charge in [0.15, 0.2) is 0 Å². The van der Waals surface area contributed by atoms with E-state index in [0.29, 0.717) is 12.3 Å². The van der Waals surface area contributed by atoms with Gasteiger partial charge >= 0.3 is 6.09 Å². The Kier molecular flexibility index (Phi) is 7.94. The highest BCUT2D eigenvalue weighted by atomic mass is 16.6. The lowest BCUT2D eigenvalue weighted by Gasteiger charge is -2.25. The van der Waals surface area contributed by atoms with Crippen molar-refractivity contribution >= 4 is 12.0 Å². The Balaban J connectivity index is 2.79. The number of nitrogens with one attached hydrogen (secondary N) is 2. The molecule has 0 radical (unpaired) electrons. The van der Waals surface area contributed by atoms with E-state index < -0.39 is 17.7 Å². The van der Waals surface area contributed by atoms with Gasteiger partial charge in [-0.05, 0) is 45.6 Å². The minimum atomic E-state index is -0.674. The smallest absolute Gasteiger partial charge is 0.408 e. The maximum atomic E-state index is 12.7. The minimum absolute atomic E-state index is 0.0474. The van der Waals surface area contributed by atoms with Crippen LogP contribution >= 0.6 is 0 Å². The molecule has 0 heterocycles. The molecule has 2 atom stereocenters. The first-order valence-electron chi connectivity index (χ1n) is 8.90. The van der Waals surface area contributed by atoms with Gasteiger partial charge in [-0.3, -0.25) is 4.79 Å². The lowest BCUT2D eigenvalue weighted by atomic mass is 10.0. The van der Waals surface area contributed by atoms with Gasteiger partial charge in [-0.1, -0.05) is 44.2 Å². The van der Waals surface area contributed by atoms with Crippen LogP contribution in [0, 0.1) is 5.92 Å². The number of hydrogen-bond donors (Lipinski definition) is 2. The van der Waals surface area contributed by atoms with Crippen molar-refractivity contribution in [3.63, 3.8) is 0 Å². The van der Waals surface area contributed by atoms with Crippen molar-refractivity contribution < 1.29 is 14.3 Å². The predicted octanol–water partition coefficient (Wildman–Crippen LogP) is 3.67.